The van der Waals surface area contributed by atoms with Gasteiger partial charge in [0.2, 0.25) is 0 Å². The summed E-state index contributed by atoms with van der Waals surface area (Å²) in [7, 11) is 0. The Morgan fingerprint density at radius 1 is 1.03 bits per heavy atom. The number of aromatic nitrogens is 3. The Labute approximate surface area is 216 Å². The molecule has 11 heteroatoms. The molecule has 0 aliphatic carbocycles. The number of nitrogens with zero attached hydrogens (tertiary/aromatic N) is 3. The lowest BCUT2D eigenvalue weighted by Gasteiger charge is -2.11. The van der Waals surface area contributed by atoms with E-state index < -0.39 is 23.5 Å². The third kappa shape index (κ3) is 6.35. The molecule has 0 unspecified atom stereocenters. The summed E-state index contributed by atoms with van der Waals surface area (Å²) in [5.74, 6) is -0.612. The van der Waals surface area contributed by atoms with Crippen molar-refractivity contribution < 1.29 is 31.8 Å². The molecule has 1 amide bonds. The van der Waals surface area contributed by atoms with E-state index in [1.165, 1.54) is 35.0 Å². The molecule has 38 heavy (non-hydrogen) atoms. The predicted molar refractivity (Wildman–Crippen MR) is 133 cm³/mol. The van der Waals surface area contributed by atoms with Gasteiger partial charge in [-0.2, -0.15) is 18.2 Å². The van der Waals surface area contributed by atoms with Crippen LogP contribution < -0.4 is 10.1 Å². The molecule has 0 fully saturated rings. The molecule has 1 N–H and O–H groups in total. The van der Waals surface area contributed by atoms with E-state index in [1.54, 1.807) is 31.2 Å². The van der Waals surface area contributed by atoms with Gasteiger partial charge in [-0.15, -0.1) is 5.10 Å². The number of anilines is 1. The zero-order valence-electron chi connectivity index (χ0n) is 20.6. The van der Waals surface area contributed by atoms with Crippen molar-refractivity contribution in [1.82, 2.24) is 14.8 Å². The number of nitrogens with one attached hydrogen (secondary N) is 1. The zero-order chi connectivity index (χ0) is 27.3. The molecule has 0 saturated carbocycles. The van der Waals surface area contributed by atoms with E-state index >= 15 is 0 Å². The van der Waals surface area contributed by atoms with Crippen molar-refractivity contribution in [1.29, 1.82) is 0 Å². The average Bonchev–Trinajstić information content (AvgIpc) is 3.32. The second-order valence-electron chi connectivity index (χ2n) is 8.22. The van der Waals surface area contributed by atoms with Crippen molar-refractivity contribution >= 4 is 11.6 Å². The highest BCUT2D eigenvalue weighted by Crippen LogP contribution is 2.32. The van der Waals surface area contributed by atoms with E-state index in [4.69, 9.17) is 9.47 Å². The Hall–Kier alpha value is -4.25. The third-order valence-electron chi connectivity index (χ3n) is 5.49. The molecule has 3 aromatic carbocycles. The molecule has 0 aliphatic heterocycles. The molecule has 4 rings (SSSR count). The van der Waals surface area contributed by atoms with Crippen LogP contribution in [0.25, 0.3) is 17.1 Å². The Morgan fingerprint density at radius 3 is 2.47 bits per heavy atom. The van der Waals surface area contributed by atoms with Crippen LogP contribution in [-0.4, -0.2) is 40.5 Å². The fourth-order valence-corrected chi connectivity index (χ4v) is 3.57. The van der Waals surface area contributed by atoms with E-state index in [0.717, 1.165) is 12.1 Å². The van der Waals surface area contributed by atoms with Crippen LogP contribution in [0.5, 0.6) is 6.01 Å². The van der Waals surface area contributed by atoms with Gasteiger partial charge in [0.1, 0.15) is 12.4 Å². The summed E-state index contributed by atoms with van der Waals surface area (Å²) in [6.07, 6.45) is -4.48. The molecule has 0 radical (unpaired) electrons. The number of amides is 1. The number of hydrogen-bond donors (Lipinski definition) is 1. The summed E-state index contributed by atoms with van der Waals surface area (Å²) in [5.41, 5.74) is 1.10. The molecule has 1 heterocycles. The first kappa shape index (κ1) is 26.8. The number of alkyl halides is 3. The van der Waals surface area contributed by atoms with Crippen molar-refractivity contribution in [2.24, 2.45) is 0 Å². The minimum atomic E-state index is -4.48. The van der Waals surface area contributed by atoms with Crippen LogP contribution in [0.3, 0.4) is 0 Å². The van der Waals surface area contributed by atoms with Crippen molar-refractivity contribution in [2.45, 2.75) is 20.0 Å². The highest BCUT2D eigenvalue weighted by atomic mass is 19.4. The van der Waals surface area contributed by atoms with Gasteiger partial charge in [0.25, 0.3) is 5.91 Å². The standard InChI is InChI=1S/C27H24F4N4O3/c1-3-37-13-14-38-26-33-24(18-7-10-20(11-8-18)27(29,30)31)35(34-26)22-6-4-5-21(16-22)32-25(36)19-9-12-23(28)17(2)15-19/h4-12,15-16H,3,13-14H2,1-2H3,(H,32,36). The number of halogens is 4. The summed E-state index contributed by atoms with van der Waals surface area (Å²) < 4.78 is 65.0. The van der Waals surface area contributed by atoms with Crippen molar-refractivity contribution in [3.05, 3.63) is 89.2 Å². The first-order chi connectivity index (χ1) is 18.2. The molecule has 7 nitrogen and oxygen atoms in total. The van der Waals surface area contributed by atoms with Gasteiger partial charge in [-0.1, -0.05) is 18.2 Å². The van der Waals surface area contributed by atoms with Crippen molar-refractivity contribution in [3.8, 4) is 23.1 Å². The van der Waals surface area contributed by atoms with Crippen LogP contribution in [0, 0.1) is 12.7 Å². The van der Waals surface area contributed by atoms with Gasteiger partial charge in [0.05, 0.1) is 17.9 Å². The smallest absolute Gasteiger partial charge is 0.416 e. The molecule has 0 spiro atoms. The second-order valence-corrected chi connectivity index (χ2v) is 8.22. The molecule has 0 aliphatic rings. The second kappa shape index (κ2) is 11.4. The fraction of sp³-hybridized carbons (Fsp3) is 0.222. The summed E-state index contributed by atoms with van der Waals surface area (Å²) >= 11 is 0. The zero-order valence-corrected chi connectivity index (χ0v) is 20.6. The maximum absolute atomic E-state index is 13.6. The molecular formula is C27H24F4N4O3. The van der Waals surface area contributed by atoms with Crippen LogP contribution in [0.1, 0.15) is 28.4 Å². The molecular weight excluding hydrogens is 504 g/mol. The van der Waals surface area contributed by atoms with E-state index in [9.17, 15) is 22.4 Å². The highest BCUT2D eigenvalue weighted by molar-refractivity contribution is 6.04. The Kier molecular flexibility index (Phi) is 8.06. The molecule has 1 aromatic heterocycles. The number of aryl methyl sites for hydroxylation is 1. The normalized spacial score (nSPS) is 11.4. The summed E-state index contributed by atoms with van der Waals surface area (Å²) in [6.45, 7) is 4.41. The number of carbonyl (C=O) groups excluding carboxylic acids is 1. The van der Waals surface area contributed by atoms with Crippen LogP contribution >= 0.6 is 0 Å². The quantitative estimate of drug-likeness (QED) is 0.211. The van der Waals surface area contributed by atoms with Gasteiger partial charge >= 0.3 is 12.2 Å². The number of ether oxygens (including phenoxy) is 2. The molecule has 198 valence electrons. The van der Waals surface area contributed by atoms with Gasteiger partial charge < -0.3 is 14.8 Å². The predicted octanol–water partition coefficient (Wildman–Crippen LogP) is 6.07. The largest absolute Gasteiger partial charge is 0.460 e. The number of rotatable bonds is 9. The Bertz CT molecular complexity index is 1420. The van der Waals surface area contributed by atoms with Gasteiger partial charge in [-0.25, -0.2) is 9.07 Å². The summed E-state index contributed by atoms with van der Waals surface area (Å²) in [6, 6.07) is 15.2. The van der Waals surface area contributed by atoms with Gasteiger partial charge in [0, 0.05) is 23.4 Å². The minimum absolute atomic E-state index is 0.0100. The van der Waals surface area contributed by atoms with Crippen LogP contribution in [-0.2, 0) is 10.9 Å². The van der Waals surface area contributed by atoms with Crippen LogP contribution in [0.4, 0.5) is 23.2 Å². The number of hydrogen-bond acceptors (Lipinski definition) is 5. The van der Waals surface area contributed by atoms with Gasteiger partial charge in [0.15, 0.2) is 5.82 Å². The molecule has 0 bridgehead atoms. The first-order valence-corrected chi connectivity index (χ1v) is 11.7. The lowest BCUT2D eigenvalue weighted by Crippen LogP contribution is -2.12. The van der Waals surface area contributed by atoms with Crippen molar-refractivity contribution in [2.75, 3.05) is 25.1 Å². The van der Waals surface area contributed by atoms with Crippen molar-refractivity contribution in [3.63, 3.8) is 0 Å². The molecule has 0 atom stereocenters. The number of benzene rings is 3. The Morgan fingerprint density at radius 2 is 1.79 bits per heavy atom. The summed E-state index contributed by atoms with van der Waals surface area (Å²) in [5, 5.41) is 7.13. The van der Waals surface area contributed by atoms with Crippen LogP contribution in [0.2, 0.25) is 0 Å². The van der Waals surface area contributed by atoms with Gasteiger partial charge in [-0.3, -0.25) is 4.79 Å². The van der Waals surface area contributed by atoms with Crippen LogP contribution in [0.15, 0.2) is 66.7 Å². The summed E-state index contributed by atoms with van der Waals surface area (Å²) in [4.78, 5) is 17.1. The molecule has 4 aromatic rings. The van der Waals surface area contributed by atoms with Gasteiger partial charge in [-0.05, 0) is 67.9 Å². The maximum atomic E-state index is 13.6. The SMILES string of the molecule is CCOCCOc1nc(-c2ccc(C(F)(F)F)cc2)n(-c2cccc(NC(=O)c3ccc(F)c(C)c3)c2)n1. The van der Waals surface area contributed by atoms with E-state index in [0.29, 0.717) is 35.7 Å². The average molecular weight is 529 g/mol. The lowest BCUT2D eigenvalue weighted by molar-refractivity contribution is -0.137. The van der Waals surface area contributed by atoms with E-state index in [2.05, 4.69) is 15.4 Å². The fourth-order valence-electron chi connectivity index (χ4n) is 3.57. The first-order valence-electron chi connectivity index (χ1n) is 11.7. The number of carbonyl (C=O) groups is 1. The van der Waals surface area contributed by atoms with E-state index in [1.807, 2.05) is 6.92 Å². The highest BCUT2D eigenvalue weighted by Gasteiger charge is 2.30. The van der Waals surface area contributed by atoms with E-state index in [-0.39, 0.29) is 24.0 Å². The molecule has 0 saturated heterocycles. The monoisotopic (exact) mass is 528 g/mol. The third-order valence-corrected chi connectivity index (χ3v) is 5.49. The Balaban J connectivity index is 1.65. The topological polar surface area (TPSA) is 78.3 Å². The maximum Gasteiger partial charge on any atom is 0.416 e. The lowest BCUT2D eigenvalue weighted by atomic mass is 10.1. The minimum Gasteiger partial charge on any atom is -0.460 e.